The van der Waals surface area contributed by atoms with Gasteiger partial charge in [0.05, 0.1) is 0 Å². The van der Waals surface area contributed by atoms with Crippen LogP contribution in [0.5, 0.6) is 0 Å². The van der Waals surface area contributed by atoms with Crippen LogP contribution >= 0.6 is 0 Å². The van der Waals surface area contributed by atoms with Crippen molar-refractivity contribution in [3.8, 4) is 0 Å². The predicted octanol–water partition coefficient (Wildman–Crippen LogP) is 1.49. The molecule has 1 aliphatic rings. The van der Waals surface area contributed by atoms with E-state index in [2.05, 4.69) is 16.0 Å². The summed E-state index contributed by atoms with van der Waals surface area (Å²) in [5, 5.41) is 8.43. The molecule has 192 valence electrons. The van der Waals surface area contributed by atoms with E-state index >= 15 is 0 Å². The van der Waals surface area contributed by atoms with Crippen LogP contribution in [-0.4, -0.2) is 65.0 Å². The van der Waals surface area contributed by atoms with Gasteiger partial charge in [-0.05, 0) is 45.1 Å². The summed E-state index contributed by atoms with van der Waals surface area (Å²) in [5.41, 5.74) is -0.426. The maximum Gasteiger partial charge on any atom is 0.246 e. The highest BCUT2D eigenvalue weighted by Gasteiger charge is 2.41. The molecule has 4 amide bonds. The first-order valence-corrected chi connectivity index (χ1v) is 12.4. The second kappa shape index (κ2) is 13.0. The van der Waals surface area contributed by atoms with Gasteiger partial charge in [-0.25, -0.2) is 0 Å². The number of rotatable bonds is 9. The van der Waals surface area contributed by atoms with Crippen LogP contribution in [0.25, 0.3) is 0 Å². The van der Waals surface area contributed by atoms with Crippen molar-refractivity contribution >= 4 is 29.9 Å². The number of amides is 4. The minimum Gasteiger partial charge on any atom is -0.343 e. The largest absolute Gasteiger partial charge is 0.343 e. The van der Waals surface area contributed by atoms with Gasteiger partial charge in [0, 0.05) is 19.4 Å². The summed E-state index contributed by atoms with van der Waals surface area (Å²) in [6.07, 6.45) is 2.53. The lowest BCUT2D eigenvalue weighted by Gasteiger charge is -2.37. The van der Waals surface area contributed by atoms with E-state index in [1.54, 1.807) is 27.7 Å². The number of hydrogen-bond acceptors (Lipinski definition) is 5. The highest BCUT2D eigenvalue weighted by Crippen LogP contribution is 2.17. The Balaban J connectivity index is 2.50. The molecule has 9 heteroatoms. The molecule has 1 aliphatic heterocycles. The van der Waals surface area contributed by atoms with E-state index in [1.165, 1.54) is 4.90 Å². The molecular formula is C26H38N4O5. The summed E-state index contributed by atoms with van der Waals surface area (Å²) in [5.74, 6) is -1.74. The average molecular weight is 487 g/mol. The molecule has 1 fully saturated rings. The van der Waals surface area contributed by atoms with Crippen molar-refractivity contribution in [3.63, 3.8) is 0 Å². The van der Waals surface area contributed by atoms with Gasteiger partial charge in [-0.1, -0.05) is 44.2 Å². The van der Waals surface area contributed by atoms with Crippen molar-refractivity contribution in [2.45, 2.75) is 89.9 Å². The summed E-state index contributed by atoms with van der Waals surface area (Å²) < 4.78 is 0. The molecule has 0 aromatic heterocycles. The third-order valence-electron chi connectivity index (χ3n) is 6.63. The number of carbonyl (C=O) groups excluding carboxylic acids is 5. The predicted molar refractivity (Wildman–Crippen MR) is 132 cm³/mol. The molecule has 0 radical (unpaired) electrons. The van der Waals surface area contributed by atoms with E-state index in [-0.39, 0.29) is 38.1 Å². The molecule has 0 bridgehead atoms. The average Bonchev–Trinajstić information content (AvgIpc) is 2.85. The molecule has 9 nitrogen and oxygen atoms in total. The summed E-state index contributed by atoms with van der Waals surface area (Å²) in [4.78, 5) is 65.9. The zero-order valence-electron chi connectivity index (χ0n) is 21.1. The Morgan fingerprint density at radius 2 is 1.66 bits per heavy atom. The summed E-state index contributed by atoms with van der Waals surface area (Å²) in [6, 6.07) is 6.70. The SMILES string of the molecule is CC[C@@H]1C(=O)N[C@@H](CCCC=O)C(=O)N[C@@](C)(CC)C(=O)N[C@@H](Cc2ccccc2)C(=O)N1CC. The quantitative estimate of drug-likeness (QED) is 0.360. The Morgan fingerprint density at radius 3 is 2.23 bits per heavy atom. The maximum absolute atomic E-state index is 13.7. The van der Waals surface area contributed by atoms with E-state index in [1.807, 2.05) is 30.3 Å². The molecule has 1 heterocycles. The van der Waals surface area contributed by atoms with Crippen LogP contribution in [-0.2, 0) is 30.4 Å². The van der Waals surface area contributed by atoms with Gasteiger partial charge in [-0.2, -0.15) is 0 Å². The van der Waals surface area contributed by atoms with Crippen LogP contribution < -0.4 is 16.0 Å². The van der Waals surface area contributed by atoms with Crippen molar-refractivity contribution in [2.24, 2.45) is 0 Å². The van der Waals surface area contributed by atoms with E-state index in [0.29, 0.717) is 12.8 Å². The van der Waals surface area contributed by atoms with Crippen LogP contribution in [0.1, 0.15) is 65.4 Å². The summed E-state index contributed by atoms with van der Waals surface area (Å²) >= 11 is 0. The van der Waals surface area contributed by atoms with Gasteiger partial charge < -0.3 is 25.6 Å². The van der Waals surface area contributed by atoms with Crippen LogP contribution in [0, 0.1) is 0 Å². The van der Waals surface area contributed by atoms with Crippen molar-refractivity contribution < 1.29 is 24.0 Å². The standard InChI is InChI=1S/C26H38N4O5/c1-5-21-23(33)27-19(15-11-12-16-31)22(32)29-26(4,6-2)25(35)28-20(24(34)30(21)7-3)17-18-13-9-8-10-14-18/h8-10,13-14,16,19-21H,5-7,11-12,15,17H2,1-4H3,(H,27,33)(H,28,35)(H,29,32)/t19-,20-,21+,26-/m0/s1. The number of unbranched alkanes of at least 4 members (excludes halogenated alkanes) is 1. The molecule has 3 N–H and O–H groups in total. The fourth-order valence-corrected chi connectivity index (χ4v) is 4.25. The van der Waals surface area contributed by atoms with Gasteiger partial charge in [-0.3, -0.25) is 19.2 Å². The minimum atomic E-state index is -1.29. The van der Waals surface area contributed by atoms with Crippen LogP contribution in [0.15, 0.2) is 30.3 Å². The molecule has 0 spiro atoms. The highest BCUT2D eigenvalue weighted by molar-refractivity contribution is 5.99. The molecule has 1 aromatic rings. The molecular weight excluding hydrogens is 448 g/mol. The number of aldehydes is 1. The fraction of sp³-hybridized carbons (Fsp3) is 0.577. The summed E-state index contributed by atoms with van der Waals surface area (Å²) in [6.45, 7) is 7.22. The number of nitrogens with zero attached hydrogens (tertiary/aromatic N) is 1. The first-order valence-electron chi connectivity index (χ1n) is 12.4. The van der Waals surface area contributed by atoms with Gasteiger partial charge in [-0.15, -0.1) is 0 Å². The van der Waals surface area contributed by atoms with Gasteiger partial charge in [0.1, 0.15) is 30.0 Å². The fourth-order valence-electron chi connectivity index (χ4n) is 4.25. The van der Waals surface area contributed by atoms with Gasteiger partial charge >= 0.3 is 0 Å². The number of carbonyl (C=O) groups is 5. The van der Waals surface area contributed by atoms with E-state index in [4.69, 9.17) is 0 Å². The molecule has 0 aliphatic carbocycles. The number of nitrogens with one attached hydrogen (secondary N) is 3. The van der Waals surface area contributed by atoms with Crippen LogP contribution in [0.4, 0.5) is 0 Å². The van der Waals surface area contributed by atoms with Crippen molar-refractivity contribution in [3.05, 3.63) is 35.9 Å². The van der Waals surface area contributed by atoms with Crippen molar-refractivity contribution in [2.75, 3.05) is 6.54 Å². The third kappa shape index (κ3) is 7.13. The molecule has 0 unspecified atom stereocenters. The molecule has 4 atom stereocenters. The smallest absolute Gasteiger partial charge is 0.246 e. The molecule has 1 saturated heterocycles. The van der Waals surface area contributed by atoms with Gasteiger partial charge in [0.2, 0.25) is 23.6 Å². The second-order valence-electron chi connectivity index (χ2n) is 9.10. The lowest BCUT2D eigenvalue weighted by Crippen LogP contribution is -2.66. The summed E-state index contributed by atoms with van der Waals surface area (Å²) in [7, 11) is 0. The van der Waals surface area contributed by atoms with E-state index in [0.717, 1.165) is 11.8 Å². The zero-order valence-corrected chi connectivity index (χ0v) is 21.1. The maximum atomic E-state index is 13.7. The number of hydrogen-bond donors (Lipinski definition) is 3. The Bertz CT molecular complexity index is 906. The molecule has 35 heavy (non-hydrogen) atoms. The Labute approximate surface area is 207 Å². The Morgan fingerprint density at radius 1 is 0.971 bits per heavy atom. The first-order chi connectivity index (χ1) is 16.7. The Kier molecular flexibility index (Phi) is 10.4. The minimum absolute atomic E-state index is 0.241. The lowest BCUT2D eigenvalue weighted by atomic mass is 9.94. The molecule has 0 saturated carbocycles. The van der Waals surface area contributed by atoms with E-state index in [9.17, 15) is 24.0 Å². The van der Waals surface area contributed by atoms with Crippen LogP contribution in [0.2, 0.25) is 0 Å². The van der Waals surface area contributed by atoms with E-state index < -0.39 is 41.4 Å². The lowest BCUT2D eigenvalue weighted by molar-refractivity contribution is -0.146. The van der Waals surface area contributed by atoms with Gasteiger partial charge in [0.25, 0.3) is 0 Å². The topological polar surface area (TPSA) is 125 Å². The number of benzene rings is 1. The second-order valence-corrected chi connectivity index (χ2v) is 9.10. The molecule has 1 aromatic carbocycles. The number of likely N-dealkylation sites (N-methyl/N-ethyl adjacent to an activating group) is 1. The monoisotopic (exact) mass is 486 g/mol. The van der Waals surface area contributed by atoms with Gasteiger partial charge in [0.15, 0.2) is 0 Å². The van der Waals surface area contributed by atoms with Crippen molar-refractivity contribution in [1.29, 1.82) is 0 Å². The van der Waals surface area contributed by atoms with Crippen molar-refractivity contribution in [1.82, 2.24) is 20.9 Å². The normalized spacial score (nSPS) is 26.2. The van der Waals surface area contributed by atoms with Crippen LogP contribution in [0.3, 0.4) is 0 Å². The highest BCUT2D eigenvalue weighted by atomic mass is 16.2. The molecule has 2 rings (SSSR count). The first kappa shape index (κ1) is 28.0. The zero-order chi connectivity index (χ0) is 26.0. The Hall–Kier alpha value is -3.23. The third-order valence-corrected chi connectivity index (χ3v) is 6.63.